The first kappa shape index (κ1) is 22.3. The zero-order chi connectivity index (χ0) is 23.0. The maximum atomic E-state index is 13.1. The van der Waals surface area contributed by atoms with Gasteiger partial charge in [-0.15, -0.1) is 11.3 Å². The first-order chi connectivity index (χ1) is 15.2. The third-order valence-electron chi connectivity index (χ3n) is 5.19. The molecular weight excluding hydrogens is 466 g/mol. The molecule has 0 bridgehead atoms. The molecule has 2 aromatic carbocycles. The molecule has 32 heavy (non-hydrogen) atoms. The predicted molar refractivity (Wildman–Crippen MR) is 129 cm³/mol. The molecule has 0 unspecified atom stereocenters. The highest BCUT2D eigenvalue weighted by atomic mass is 35.5. The lowest BCUT2D eigenvalue weighted by Gasteiger charge is -2.08. The van der Waals surface area contributed by atoms with Crippen LogP contribution in [0.25, 0.3) is 22.0 Å². The van der Waals surface area contributed by atoms with Crippen LogP contribution in [-0.2, 0) is 17.1 Å². The largest absolute Gasteiger partial charge is 0.345 e. The van der Waals surface area contributed by atoms with Crippen LogP contribution in [0.2, 0.25) is 5.02 Å². The SMILES string of the molecule is CC(=O)c1ccc(NS(=O)(=O)c2cc(-c3nc(-c4ccc(Cl)cc4)cs3)n(C)c2C)cc1. The summed E-state index contributed by atoms with van der Waals surface area (Å²) in [4.78, 5) is 16.3. The fourth-order valence-corrected chi connectivity index (χ4v) is 5.63. The van der Waals surface area contributed by atoms with Crippen LogP contribution in [0.4, 0.5) is 5.69 Å². The van der Waals surface area contributed by atoms with Crippen molar-refractivity contribution in [2.45, 2.75) is 18.7 Å². The first-order valence-corrected chi connectivity index (χ1v) is 12.4. The van der Waals surface area contributed by atoms with E-state index in [-0.39, 0.29) is 10.7 Å². The number of Topliss-reactive ketones (excluding diaryl/α,β-unsaturated/α-hetero) is 1. The van der Waals surface area contributed by atoms with E-state index < -0.39 is 10.0 Å². The Labute approximate surface area is 195 Å². The van der Waals surface area contributed by atoms with Crippen molar-refractivity contribution >= 4 is 44.4 Å². The summed E-state index contributed by atoms with van der Waals surface area (Å²) in [5.41, 5.74) is 3.95. The van der Waals surface area contributed by atoms with Crippen molar-refractivity contribution in [3.8, 4) is 22.0 Å². The van der Waals surface area contributed by atoms with Gasteiger partial charge in [-0.2, -0.15) is 0 Å². The Morgan fingerprint density at radius 2 is 1.75 bits per heavy atom. The molecule has 0 spiro atoms. The predicted octanol–water partition coefficient (Wildman–Crippen LogP) is 5.78. The standard InChI is InChI=1S/C23H20ClN3O3S2/c1-14-22(32(29,30)26-19-10-6-16(7-11-19)15(2)28)12-21(27(14)3)23-25-20(13-31-23)17-4-8-18(24)9-5-17/h4-13,26H,1-3H3. The van der Waals surface area contributed by atoms with Crippen LogP contribution in [0.3, 0.4) is 0 Å². The molecule has 2 heterocycles. The van der Waals surface area contributed by atoms with Gasteiger partial charge in [0.05, 0.1) is 11.4 Å². The first-order valence-electron chi connectivity index (χ1n) is 9.67. The molecule has 4 aromatic rings. The second-order valence-corrected chi connectivity index (χ2v) is 10.3. The highest BCUT2D eigenvalue weighted by molar-refractivity contribution is 7.92. The quantitative estimate of drug-likeness (QED) is 0.351. The molecule has 1 N–H and O–H groups in total. The maximum absolute atomic E-state index is 13.1. The number of carbonyl (C=O) groups is 1. The van der Waals surface area contributed by atoms with Gasteiger partial charge in [0, 0.05) is 40.0 Å². The van der Waals surface area contributed by atoms with E-state index in [0.717, 1.165) is 11.3 Å². The number of sulfonamides is 1. The van der Waals surface area contributed by atoms with Crippen LogP contribution in [0.5, 0.6) is 0 Å². The Balaban J connectivity index is 1.65. The number of hydrogen-bond acceptors (Lipinski definition) is 5. The number of anilines is 1. The zero-order valence-corrected chi connectivity index (χ0v) is 20.0. The number of hydrogen-bond donors (Lipinski definition) is 1. The van der Waals surface area contributed by atoms with Gasteiger partial charge in [0.2, 0.25) is 0 Å². The Hall–Kier alpha value is -2.94. The number of halogens is 1. The summed E-state index contributed by atoms with van der Waals surface area (Å²) in [5, 5.41) is 3.30. The molecular formula is C23H20ClN3O3S2. The number of ketones is 1. The van der Waals surface area contributed by atoms with Crippen molar-refractivity contribution in [3.63, 3.8) is 0 Å². The van der Waals surface area contributed by atoms with Gasteiger partial charge in [-0.1, -0.05) is 23.7 Å². The molecule has 0 aliphatic heterocycles. The van der Waals surface area contributed by atoms with Gasteiger partial charge in [-0.05, 0) is 56.3 Å². The second-order valence-electron chi connectivity index (χ2n) is 7.32. The number of rotatable bonds is 6. The van der Waals surface area contributed by atoms with Crippen molar-refractivity contribution in [2.24, 2.45) is 7.05 Å². The minimum absolute atomic E-state index is 0.0793. The summed E-state index contributed by atoms with van der Waals surface area (Å²) in [6.45, 7) is 3.22. The Bertz CT molecular complexity index is 1400. The van der Waals surface area contributed by atoms with E-state index in [0.29, 0.717) is 32.7 Å². The van der Waals surface area contributed by atoms with Crippen molar-refractivity contribution in [2.75, 3.05) is 4.72 Å². The molecule has 0 fully saturated rings. The van der Waals surface area contributed by atoms with Crippen LogP contribution in [0, 0.1) is 6.92 Å². The minimum Gasteiger partial charge on any atom is -0.345 e. The number of nitrogens with zero attached hydrogens (tertiary/aromatic N) is 2. The van der Waals surface area contributed by atoms with Crippen LogP contribution in [0.15, 0.2) is 64.9 Å². The molecule has 0 saturated carbocycles. The summed E-state index contributed by atoms with van der Waals surface area (Å²) in [5.74, 6) is -0.0793. The molecule has 0 atom stereocenters. The molecule has 0 radical (unpaired) electrons. The van der Waals surface area contributed by atoms with E-state index >= 15 is 0 Å². The van der Waals surface area contributed by atoms with Gasteiger partial charge in [0.25, 0.3) is 10.0 Å². The molecule has 4 rings (SSSR count). The van der Waals surface area contributed by atoms with Gasteiger partial charge in [0.1, 0.15) is 9.90 Å². The molecule has 9 heteroatoms. The number of thiazole rings is 1. The molecule has 0 saturated heterocycles. The summed E-state index contributed by atoms with van der Waals surface area (Å²) < 4.78 is 30.6. The summed E-state index contributed by atoms with van der Waals surface area (Å²) >= 11 is 7.41. The van der Waals surface area contributed by atoms with Gasteiger partial charge in [0.15, 0.2) is 5.78 Å². The van der Waals surface area contributed by atoms with E-state index in [1.54, 1.807) is 37.3 Å². The molecule has 0 aliphatic rings. The summed E-state index contributed by atoms with van der Waals surface area (Å²) in [6, 6.07) is 15.4. The monoisotopic (exact) mass is 485 g/mol. The Kier molecular flexibility index (Phi) is 5.94. The van der Waals surface area contributed by atoms with E-state index in [4.69, 9.17) is 16.6 Å². The molecule has 164 valence electrons. The molecule has 0 aliphatic carbocycles. The van der Waals surface area contributed by atoms with Gasteiger partial charge < -0.3 is 4.57 Å². The van der Waals surface area contributed by atoms with Crippen LogP contribution < -0.4 is 4.72 Å². The van der Waals surface area contributed by atoms with Crippen molar-refractivity contribution in [1.29, 1.82) is 0 Å². The third-order valence-corrected chi connectivity index (χ3v) is 7.80. The zero-order valence-electron chi connectivity index (χ0n) is 17.6. The van der Waals surface area contributed by atoms with Crippen LogP contribution in [-0.4, -0.2) is 23.8 Å². The number of benzene rings is 2. The lowest BCUT2D eigenvalue weighted by molar-refractivity contribution is 0.101. The normalized spacial score (nSPS) is 11.5. The smallest absolute Gasteiger partial charge is 0.263 e. The Morgan fingerprint density at radius 3 is 2.38 bits per heavy atom. The maximum Gasteiger partial charge on any atom is 0.263 e. The molecule has 6 nitrogen and oxygen atoms in total. The fraction of sp³-hybridized carbons (Fsp3) is 0.130. The van der Waals surface area contributed by atoms with E-state index in [1.165, 1.54) is 18.3 Å². The van der Waals surface area contributed by atoms with Crippen molar-refractivity contribution < 1.29 is 13.2 Å². The second kappa shape index (κ2) is 8.54. The number of aromatic nitrogens is 2. The minimum atomic E-state index is -3.83. The van der Waals surface area contributed by atoms with E-state index in [1.807, 2.05) is 41.3 Å². The topological polar surface area (TPSA) is 81.1 Å². The third kappa shape index (κ3) is 4.34. The fourth-order valence-electron chi connectivity index (χ4n) is 3.28. The van der Waals surface area contributed by atoms with Gasteiger partial charge >= 0.3 is 0 Å². The van der Waals surface area contributed by atoms with E-state index in [9.17, 15) is 13.2 Å². The highest BCUT2D eigenvalue weighted by Gasteiger charge is 2.24. The summed E-state index contributed by atoms with van der Waals surface area (Å²) in [6.07, 6.45) is 0. The lowest BCUT2D eigenvalue weighted by Crippen LogP contribution is -2.14. The van der Waals surface area contributed by atoms with Crippen LogP contribution in [0.1, 0.15) is 23.0 Å². The van der Waals surface area contributed by atoms with Crippen molar-refractivity contribution in [1.82, 2.24) is 9.55 Å². The van der Waals surface area contributed by atoms with Crippen LogP contribution >= 0.6 is 22.9 Å². The van der Waals surface area contributed by atoms with Gasteiger partial charge in [-0.25, -0.2) is 13.4 Å². The van der Waals surface area contributed by atoms with E-state index in [2.05, 4.69) is 4.72 Å². The Morgan fingerprint density at radius 1 is 1.09 bits per heavy atom. The average Bonchev–Trinajstić information content (AvgIpc) is 3.34. The number of carbonyl (C=O) groups excluding carboxylic acids is 1. The molecule has 2 aromatic heterocycles. The van der Waals surface area contributed by atoms with Crippen molar-refractivity contribution in [3.05, 3.63) is 76.3 Å². The molecule has 0 amide bonds. The number of nitrogens with one attached hydrogen (secondary N) is 1. The lowest BCUT2D eigenvalue weighted by atomic mass is 10.1. The van der Waals surface area contributed by atoms with Gasteiger partial charge in [-0.3, -0.25) is 9.52 Å². The summed E-state index contributed by atoms with van der Waals surface area (Å²) in [7, 11) is -2.02. The average molecular weight is 486 g/mol. The highest BCUT2D eigenvalue weighted by Crippen LogP contribution is 2.33.